The fraction of sp³-hybridized carbons (Fsp3) is 0.333. The molecule has 18 heavy (non-hydrogen) atoms. The van der Waals surface area contributed by atoms with Crippen LogP contribution in [0, 0.1) is 0 Å². The summed E-state index contributed by atoms with van der Waals surface area (Å²) in [5.74, 6) is 0.494. The van der Waals surface area contributed by atoms with E-state index >= 15 is 0 Å². The van der Waals surface area contributed by atoms with Crippen LogP contribution in [0.15, 0.2) is 26.3 Å². The van der Waals surface area contributed by atoms with Crippen molar-refractivity contribution in [2.75, 3.05) is 7.11 Å². The molecule has 0 N–H and O–H groups in total. The highest BCUT2D eigenvalue weighted by atomic mass is 32.1. The number of hydrogen-bond acceptors (Lipinski definition) is 6. The molecule has 0 spiro atoms. The third kappa shape index (κ3) is 1.58. The van der Waals surface area contributed by atoms with Gasteiger partial charge in [-0.3, -0.25) is 0 Å². The fourth-order valence-corrected chi connectivity index (χ4v) is 2.76. The van der Waals surface area contributed by atoms with Crippen molar-refractivity contribution in [1.82, 2.24) is 0 Å². The lowest BCUT2D eigenvalue weighted by Crippen LogP contribution is -2.02. The Bertz CT molecular complexity index is 719. The molecule has 2 aromatic rings. The van der Waals surface area contributed by atoms with Crippen molar-refractivity contribution in [2.45, 2.75) is 18.4 Å². The summed E-state index contributed by atoms with van der Waals surface area (Å²) in [7, 11) is 1.51. The van der Waals surface area contributed by atoms with Crippen LogP contribution in [0.5, 0.6) is 5.75 Å². The van der Waals surface area contributed by atoms with E-state index in [1.165, 1.54) is 7.11 Å². The fourth-order valence-electron chi connectivity index (χ4n) is 2.04. The Hall–Kier alpha value is -1.91. The Kier molecular flexibility index (Phi) is 2.36. The van der Waals surface area contributed by atoms with E-state index in [-0.39, 0.29) is 4.94 Å². The minimum absolute atomic E-state index is 0.371. The third-order valence-corrected chi connectivity index (χ3v) is 3.91. The predicted molar refractivity (Wildman–Crippen MR) is 65.9 cm³/mol. The van der Waals surface area contributed by atoms with Gasteiger partial charge in [-0.25, -0.2) is 9.59 Å². The zero-order valence-corrected chi connectivity index (χ0v) is 10.4. The average molecular weight is 263 g/mol. The van der Waals surface area contributed by atoms with E-state index in [0.717, 1.165) is 29.7 Å². The molecule has 0 amide bonds. The summed E-state index contributed by atoms with van der Waals surface area (Å²) >= 11 is 1.02. The lowest BCUT2D eigenvalue weighted by atomic mass is 10.1. The van der Waals surface area contributed by atoms with Gasteiger partial charge in [-0.15, -0.1) is 0 Å². The van der Waals surface area contributed by atoms with Crippen molar-refractivity contribution < 1.29 is 13.9 Å². The Morgan fingerprint density at radius 2 is 2.28 bits per heavy atom. The molecule has 0 radical (unpaired) electrons. The largest absolute Gasteiger partial charge is 0.493 e. The van der Waals surface area contributed by atoms with E-state index in [1.54, 1.807) is 12.1 Å². The minimum atomic E-state index is -0.476. The molecule has 1 heterocycles. The third-order valence-electron chi connectivity index (χ3n) is 3.14. The van der Waals surface area contributed by atoms with Crippen LogP contribution in [0.3, 0.4) is 0 Å². The molecule has 0 bridgehead atoms. The first-order valence-electron chi connectivity index (χ1n) is 5.40. The maximum atomic E-state index is 11.3. The summed E-state index contributed by atoms with van der Waals surface area (Å²) in [6.07, 6.45) is 3.23. The van der Waals surface area contributed by atoms with Gasteiger partial charge in [0.2, 0.25) is 6.08 Å². The van der Waals surface area contributed by atoms with E-state index in [0.29, 0.717) is 16.0 Å². The number of ether oxygens (including phenoxy) is 1. The highest BCUT2D eigenvalue weighted by molar-refractivity contribution is 7.16. The Balaban J connectivity index is 2.25. The Morgan fingerprint density at radius 1 is 1.50 bits per heavy atom. The monoisotopic (exact) mass is 263 g/mol. The molecule has 5 nitrogen and oxygen atoms in total. The van der Waals surface area contributed by atoms with E-state index < -0.39 is 5.54 Å². The van der Waals surface area contributed by atoms with E-state index in [1.807, 2.05) is 6.07 Å². The van der Waals surface area contributed by atoms with Gasteiger partial charge in [-0.2, -0.15) is 4.99 Å². The maximum absolute atomic E-state index is 11.3. The van der Waals surface area contributed by atoms with Crippen LogP contribution in [-0.2, 0) is 10.3 Å². The van der Waals surface area contributed by atoms with Crippen molar-refractivity contribution in [3.63, 3.8) is 0 Å². The molecule has 0 saturated heterocycles. The van der Waals surface area contributed by atoms with Gasteiger partial charge in [0.15, 0.2) is 11.3 Å². The van der Waals surface area contributed by atoms with E-state index in [4.69, 9.17) is 9.15 Å². The smallest absolute Gasteiger partial charge is 0.396 e. The van der Waals surface area contributed by atoms with Crippen molar-refractivity contribution in [2.24, 2.45) is 4.99 Å². The Labute approximate surface area is 106 Å². The molecule has 3 rings (SSSR count). The highest BCUT2D eigenvalue weighted by Crippen LogP contribution is 2.51. The number of carbonyl (C=O) groups excluding carboxylic acids is 1. The van der Waals surface area contributed by atoms with Crippen LogP contribution < -0.4 is 9.68 Å². The highest BCUT2D eigenvalue weighted by Gasteiger charge is 2.45. The Morgan fingerprint density at radius 3 is 2.89 bits per heavy atom. The van der Waals surface area contributed by atoms with Gasteiger partial charge in [-0.05, 0) is 30.5 Å². The molecule has 1 aliphatic rings. The molecule has 1 aromatic carbocycles. The predicted octanol–water partition coefficient (Wildman–Crippen LogP) is 2.19. The molecular formula is C12H9NO4S. The zero-order valence-electron chi connectivity index (χ0n) is 9.56. The van der Waals surface area contributed by atoms with Crippen molar-refractivity contribution in [1.29, 1.82) is 0 Å². The van der Waals surface area contributed by atoms with Crippen molar-refractivity contribution in [3.8, 4) is 5.75 Å². The first-order valence-corrected chi connectivity index (χ1v) is 6.21. The summed E-state index contributed by atoms with van der Waals surface area (Å²) in [5.41, 5.74) is 0.838. The first kappa shape index (κ1) is 11.2. The lowest BCUT2D eigenvalue weighted by molar-refractivity contribution is 0.407. The molecule has 1 saturated carbocycles. The van der Waals surface area contributed by atoms with E-state index in [2.05, 4.69) is 4.99 Å². The average Bonchev–Trinajstić information content (AvgIpc) is 3.03. The van der Waals surface area contributed by atoms with Crippen molar-refractivity contribution in [3.05, 3.63) is 27.4 Å². The van der Waals surface area contributed by atoms with Gasteiger partial charge in [0, 0.05) is 0 Å². The van der Waals surface area contributed by atoms with Crippen LogP contribution in [0.4, 0.5) is 0 Å². The molecule has 0 aliphatic heterocycles. The number of fused-ring (bicyclic) bond motifs is 1. The molecule has 1 aliphatic carbocycles. The summed E-state index contributed by atoms with van der Waals surface area (Å²) < 4.78 is 11.0. The second-order valence-corrected chi connectivity index (χ2v) is 5.17. The maximum Gasteiger partial charge on any atom is 0.396 e. The molecule has 1 aromatic heterocycles. The molecule has 92 valence electrons. The number of isocyanates is 1. The second kappa shape index (κ2) is 3.80. The SMILES string of the molecule is COc1cc(C2(N=C=O)CC2)cc2sc(=O)oc12. The number of aliphatic imine (C=N–C) groups is 1. The normalized spacial score (nSPS) is 16.3. The summed E-state index contributed by atoms with van der Waals surface area (Å²) in [4.78, 5) is 25.2. The van der Waals surface area contributed by atoms with Crippen molar-refractivity contribution >= 4 is 27.7 Å². The van der Waals surface area contributed by atoms with E-state index in [9.17, 15) is 9.59 Å². The van der Waals surface area contributed by atoms with Gasteiger partial charge in [0.05, 0.1) is 17.3 Å². The number of methoxy groups -OCH3 is 1. The summed E-state index contributed by atoms with van der Waals surface area (Å²) in [6.45, 7) is 0. The zero-order chi connectivity index (χ0) is 12.8. The molecular weight excluding hydrogens is 254 g/mol. The van der Waals surface area contributed by atoms with Gasteiger partial charge >= 0.3 is 4.94 Å². The number of benzene rings is 1. The van der Waals surface area contributed by atoms with Crippen LogP contribution >= 0.6 is 11.3 Å². The van der Waals surface area contributed by atoms with Crippen LogP contribution in [0.2, 0.25) is 0 Å². The standard InChI is InChI=1S/C12H9NO4S/c1-16-8-4-7(12(2-3-12)13-6-14)5-9-10(8)17-11(15)18-9/h4-5H,2-3H2,1H3. The second-order valence-electron chi connectivity index (χ2n) is 4.19. The molecule has 1 fully saturated rings. The molecule has 6 heteroatoms. The quantitative estimate of drug-likeness (QED) is 0.628. The van der Waals surface area contributed by atoms with Crippen LogP contribution in [0.25, 0.3) is 10.3 Å². The van der Waals surface area contributed by atoms with Gasteiger partial charge in [0.1, 0.15) is 0 Å². The van der Waals surface area contributed by atoms with Crippen LogP contribution in [0.1, 0.15) is 18.4 Å². The number of rotatable bonds is 3. The molecule has 0 atom stereocenters. The number of nitrogens with zero attached hydrogens (tertiary/aromatic N) is 1. The van der Waals surface area contributed by atoms with Gasteiger partial charge in [0.25, 0.3) is 0 Å². The topological polar surface area (TPSA) is 68.9 Å². The minimum Gasteiger partial charge on any atom is -0.493 e. The first-order chi connectivity index (χ1) is 8.68. The van der Waals surface area contributed by atoms with Crippen LogP contribution in [-0.4, -0.2) is 13.2 Å². The summed E-state index contributed by atoms with van der Waals surface area (Å²) in [6, 6.07) is 3.60. The van der Waals surface area contributed by atoms with Gasteiger partial charge < -0.3 is 9.15 Å². The summed E-state index contributed by atoms with van der Waals surface area (Å²) in [5, 5.41) is 0. The lowest BCUT2D eigenvalue weighted by Gasteiger charge is -2.09. The van der Waals surface area contributed by atoms with Gasteiger partial charge in [-0.1, -0.05) is 11.3 Å². The molecule has 0 unspecified atom stereocenters. The number of hydrogen-bond donors (Lipinski definition) is 0.